The molecule has 0 unspecified atom stereocenters. The fourth-order valence-electron chi connectivity index (χ4n) is 2.79. The molecule has 0 aliphatic heterocycles. The monoisotopic (exact) mass is 415 g/mol. The lowest BCUT2D eigenvalue weighted by Crippen LogP contribution is -2.25. The number of carbonyl (C=O) groups excluding carboxylic acids is 1. The number of ketones is 1. The van der Waals surface area contributed by atoms with Gasteiger partial charge in [-0.15, -0.1) is 18.3 Å². The minimum Gasteiger partial charge on any atom is -0.406 e. The van der Waals surface area contributed by atoms with Gasteiger partial charge < -0.3 is 4.74 Å². The summed E-state index contributed by atoms with van der Waals surface area (Å²) in [5, 5.41) is 7.66. The zero-order valence-corrected chi connectivity index (χ0v) is 15.1. The van der Waals surface area contributed by atoms with E-state index in [1.807, 2.05) is 0 Å². The molecular weight excluding hydrogens is 403 g/mol. The standard InChI is InChI=1S/C19H12F3N5O3/c20-19(21,22)30-14-8-6-13(7-9-14)27-17-16(24-25-27)18(29)26(11-23-17)10-15(28)12-4-2-1-3-5-12/h1-9,11H,10H2. The van der Waals surface area contributed by atoms with Crippen LogP contribution in [0, 0.1) is 0 Å². The van der Waals surface area contributed by atoms with Crippen molar-refractivity contribution >= 4 is 16.9 Å². The molecule has 0 fully saturated rings. The Hall–Kier alpha value is -4.02. The van der Waals surface area contributed by atoms with Gasteiger partial charge in [0.25, 0.3) is 5.56 Å². The van der Waals surface area contributed by atoms with Gasteiger partial charge in [0.2, 0.25) is 0 Å². The lowest BCUT2D eigenvalue weighted by molar-refractivity contribution is -0.274. The molecule has 0 saturated carbocycles. The lowest BCUT2D eigenvalue weighted by Gasteiger charge is -2.09. The Morgan fingerprint density at radius 1 is 1.03 bits per heavy atom. The average Bonchev–Trinajstić information content (AvgIpc) is 3.15. The number of carbonyl (C=O) groups is 1. The van der Waals surface area contributed by atoms with Crippen LogP contribution in [0.15, 0.2) is 65.7 Å². The van der Waals surface area contributed by atoms with Crippen LogP contribution < -0.4 is 10.3 Å². The van der Waals surface area contributed by atoms with Crippen LogP contribution in [0.3, 0.4) is 0 Å². The van der Waals surface area contributed by atoms with Gasteiger partial charge in [0, 0.05) is 5.56 Å². The lowest BCUT2D eigenvalue weighted by atomic mass is 10.1. The predicted octanol–water partition coefficient (Wildman–Crippen LogP) is 2.76. The maximum absolute atomic E-state index is 12.7. The highest BCUT2D eigenvalue weighted by molar-refractivity contribution is 5.95. The predicted molar refractivity (Wildman–Crippen MR) is 98.4 cm³/mol. The number of hydrogen-bond acceptors (Lipinski definition) is 6. The van der Waals surface area contributed by atoms with Gasteiger partial charge in [-0.05, 0) is 24.3 Å². The van der Waals surface area contributed by atoms with Gasteiger partial charge in [-0.25, -0.2) is 4.98 Å². The Balaban J connectivity index is 1.63. The third-order valence-corrected chi connectivity index (χ3v) is 4.15. The summed E-state index contributed by atoms with van der Waals surface area (Å²) in [6, 6.07) is 13.3. The molecule has 30 heavy (non-hydrogen) atoms. The Morgan fingerprint density at radius 3 is 2.40 bits per heavy atom. The van der Waals surface area contributed by atoms with Gasteiger partial charge in [0.05, 0.1) is 12.2 Å². The van der Waals surface area contributed by atoms with Crippen molar-refractivity contribution in [2.75, 3.05) is 0 Å². The molecule has 2 aromatic heterocycles. The molecule has 11 heteroatoms. The molecule has 0 saturated heterocycles. The van der Waals surface area contributed by atoms with E-state index in [1.54, 1.807) is 30.3 Å². The highest BCUT2D eigenvalue weighted by Gasteiger charge is 2.31. The number of nitrogens with zero attached hydrogens (tertiary/aromatic N) is 5. The topological polar surface area (TPSA) is 91.9 Å². The highest BCUT2D eigenvalue weighted by atomic mass is 19.4. The van der Waals surface area contributed by atoms with E-state index in [0.717, 1.165) is 16.7 Å². The summed E-state index contributed by atoms with van der Waals surface area (Å²) >= 11 is 0. The summed E-state index contributed by atoms with van der Waals surface area (Å²) in [5.74, 6) is -0.670. The molecule has 4 rings (SSSR count). The summed E-state index contributed by atoms with van der Waals surface area (Å²) in [5.41, 5.74) is 0.251. The molecule has 2 aromatic carbocycles. The fraction of sp³-hybridized carbons (Fsp3) is 0.105. The SMILES string of the molecule is O=C(Cn1cnc2c(nnn2-c2ccc(OC(F)(F)F)cc2)c1=O)c1ccccc1. The molecule has 0 spiro atoms. The normalized spacial score (nSPS) is 11.6. The molecule has 4 aromatic rings. The molecule has 0 atom stereocenters. The summed E-state index contributed by atoms with van der Waals surface area (Å²) in [7, 11) is 0. The molecule has 0 amide bonds. The first-order valence-corrected chi connectivity index (χ1v) is 8.57. The number of Topliss-reactive ketones (excluding diaryl/α,β-unsaturated/α-hetero) is 1. The first kappa shape index (κ1) is 19.3. The molecular formula is C19H12F3N5O3. The van der Waals surface area contributed by atoms with Crippen LogP contribution in [0.2, 0.25) is 0 Å². The van der Waals surface area contributed by atoms with Crippen molar-refractivity contribution in [3.63, 3.8) is 0 Å². The Morgan fingerprint density at radius 2 is 1.73 bits per heavy atom. The van der Waals surface area contributed by atoms with E-state index < -0.39 is 17.7 Å². The van der Waals surface area contributed by atoms with E-state index >= 15 is 0 Å². The van der Waals surface area contributed by atoms with Gasteiger partial charge >= 0.3 is 6.36 Å². The number of rotatable bonds is 5. The maximum atomic E-state index is 12.7. The van der Waals surface area contributed by atoms with E-state index in [-0.39, 0.29) is 23.5 Å². The minimum atomic E-state index is -4.80. The quantitative estimate of drug-likeness (QED) is 0.466. The fourth-order valence-corrected chi connectivity index (χ4v) is 2.79. The van der Waals surface area contributed by atoms with Crippen molar-refractivity contribution in [3.8, 4) is 11.4 Å². The first-order chi connectivity index (χ1) is 14.3. The largest absolute Gasteiger partial charge is 0.573 e. The Labute approximate surface area is 166 Å². The molecule has 0 radical (unpaired) electrons. The second-order valence-corrected chi connectivity index (χ2v) is 6.18. The number of fused-ring (bicyclic) bond motifs is 1. The number of hydrogen-bond donors (Lipinski definition) is 0. The first-order valence-electron chi connectivity index (χ1n) is 8.57. The number of aromatic nitrogens is 5. The third kappa shape index (κ3) is 3.90. The van der Waals surface area contributed by atoms with Gasteiger partial charge in [-0.2, -0.15) is 4.68 Å². The summed E-state index contributed by atoms with van der Waals surface area (Å²) in [4.78, 5) is 29.1. The summed E-state index contributed by atoms with van der Waals surface area (Å²) in [6.45, 7) is -0.220. The molecule has 0 N–H and O–H groups in total. The van der Waals surface area contributed by atoms with Gasteiger partial charge in [-0.1, -0.05) is 35.5 Å². The van der Waals surface area contributed by atoms with Crippen LogP contribution in [-0.4, -0.2) is 36.7 Å². The van der Waals surface area contributed by atoms with Gasteiger partial charge in [0.15, 0.2) is 16.9 Å². The van der Waals surface area contributed by atoms with E-state index in [0.29, 0.717) is 11.3 Å². The number of ether oxygens (including phenoxy) is 1. The van der Waals surface area contributed by atoms with Crippen LogP contribution in [0.5, 0.6) is 5.75 Å². The van der Waals surface area contributed by atoms with Crippen LogP contribution in [0.4, 0.5) is 13.2 Å². The zero-order valence-electron chi connectivity index (χ0n) is 15.1. The molecule has 0 aliphatic carbocycles. The van der Waals surface area contributed by atoms with Gasteiger partial charge in [-0.3, -0.25) is 14.2 Å². The number of halogens is 3. The average molecular weight is 415 g/mol. The molecule has 8 nitrogen and oxygen atoms in total. The number of alkyl halides is 3. The van der Waals surface area contributed by atoms with E-state index in [4.69, 9.17) is 0 Å². The van der Waals surface area contributed by atoms with Gasteiger partial charge in [0.1, 0.15) is 12.1 Å². The van der Waals surface area contributed by atoms with Crippen molar-refractivity contribution in [1.82, 2.24) is 24.5 Å². The van der Waals surface area contributed by atoms with Crippen LogP contribution in [0.25, 0.3) is 16.9 Å². The van der Waals surface area contributed by atoms with Crippen molar-refractivity contribution in [1.29, 1.82) is 0 Å². The summed E-state index contributed by atoms with van der Waals surface area (Å²) < 4.78 is 43.0. The van der Waals surface area contributed by atoms with Crippen molar-refractivity contribution in [3.05, 3.63) is 76.8 Å². The van der Waals surface area contributed by atoms with Crippen LogP contribution in [0.1, 0.15) is 10.4 Å². The van der Waals surface area contributed by atoms with E-state index in [2.05, 4.69) is 20.0 Å². The number of benzene rings is 2. The Bertz CT molecular complexity index is 1260. The Kier molecular flexibility index (Phi) is 4.78. The maximum Gasteiger partial charge on any atom is 0.573 e. The van der Waals surface area contributed by atoms with Crippen LogP contribution in [-0.2, 0) is 6.54 Å². The van der Waals surface area contributed by atoms with Crippen LogP contribution >= 0.6 is 0 Å². The molecule has 0 aliphatic rings. The third-order valence-electron chi connectivity index (χ3n) is 4.15. The molecule has 152 valence electrons. The second kappa shape index (κ2) is 7.43. The molecule has 2 heterocycles. The van der Waals surface area contributed by atoms with Crippen molar-refractivity contribution in [2.45, 2.75) is 12.9 Å². The van der Waals surface area contributed by atoms with E-state index in [1.165, 1.54) is 23.1 Å². The minimum absolute atomic E-state index is 0.0750. The smallest absolute Gasteiger partial charge is 0.406 e. The van der Waals surface area contributed by atoms with Crippen molar-refractivity contribution in [2.24, 2.45) is 0 Å². The molecule has 0 bridgehead atoms. The van der Waals surface area contributed by atoms with Crippen molar-refractivity contribution < 1.29 is 22.7 Å². The zero-order chi connectivity index (χ0) is 21.3. The second-order valence-electron chi connectivity index (χ2n) is 6.18. The highest BCUT2D eigenvalue weighted by Crippen LogP contribution is 2.24. The summed E-state index contributed by atoms with van der Waals surface area (Å²) in [6.07, 6.45) is -3.60. The van der Waals surface area contributed by atoms with E-state index in [9.17, 15) is 22.8 Å².